The molecule has 0 N–H and O–H groups in total. The van der Waals surface area contributed by atoms with E-state index >= 15 is 0 Å². The zero-order chi connectivity index (χ0) is 14.9. The van der Waals surface area contributed by atoms with Crippen LogP contribution in [0.3, 0.4) is 0 Å². The summed E-state index contributed by atoms with van der Waals surface area (Å²) in [5.74, 6) is 0. The van der Waals surface area contributed by atoms with Gasteiger partial charge in [-0.05, 0) is 0 Å². The molecule has 0 heterocycles. The molecule has 1 aliphatic carbocycles. The van der Waals surface area contributed by atoms with Gasteiger partial charge in [-0.15, -0.1) is 46.2 Å². The molecular weight excluding hydrogens is 355 g/mol. The predicted molar refractivity (Wildman–Crippen MR) is 103 cm³/mol. The molecular formula is C22H24Zr-4. The molecule has 0 nitrogen and oxygen atoms in total. The Bertz CT molecular complexity index is 699. The number of allylic oxidation sites excluding steroid dienone is 4. The van der Waals surface area contributed by atoms with Gasteiger partial charge in [-0.3, -0.25) is 6.08 Å². The molecule has 23 heavy (non-hydrogen) atoms. The first-order chi connectivity index (χ1) is 10.4. The van der Waals surface area contributed by atoms with Crippen molar-refractivity contribution < 1.29 is 24.2 Å². The first-order valence-electron chi connectivity index (χ1n) is 7.07. The second-order valence-electron chi connectivity index (χ2n) is 4.61. The molecule has 0 fully saturated rings. The van der Waals surface area contributed by atoms with Crippen molar-refractivity contribution in [2.75, 3.05) is 0 Å². The van der Waals surface area contributed by atoms with E-state index in [1.807, 2.05) is 19.1 Å². The molecule has 0 unspecified atom stereocenters. The summed E-state index contributed by atoms with van der Waals surface area (Å²) in [4.78, 5) is 0. The summed E-state index contributed by atoms with van der Waals surface area (Å²) in [6, 6.07) is 19.3. The third-order valence-electron chi connectivity index (χ3n) is 3.11. The summed E-state index contributed by atoms with van der Waals surface area (Å²) in [7, 11) is 0. The molecule has 1 heteroatoms. The van der Waals surface area contributed by atoms with Gasteiger partial charge >= 0.3 is 34.9 Å². The van der Waals surface area contributed by atoms with Crippen molar-refractivity contribution >= 4 is 25.3 Å². The molecule has 3 aromatic carbocycles. The van der Waals surface area contributed by atoms with E-state index in [0.29, 0.717) is 0 Å². The number of rotatable bonds is 0. The van der Waals surface area contributed by atoms with E-state index in [1.165, 1.54) is 45.8 Å². The van der Waals surface area contributed by atoms with Crippen molar-refractivity contribution in [3.05, 3.63) is 93.8 Å². The standard InChI is InChI=1S/C13H9.C5H5.C2H4.2CH3.Zr/c1-3-7-12-10(5-1)9-11-6-2-4-8-13(11)12;1-2-4-5-3-1;1-2;;;/h1-9H;1-3H,4H2;1H,2H3;2*1H3;/q2*-1;;2*-1;. The summed E-state index contributed by atoms with van der Waals surface area (Å²) in [5, 5.41) is 5.39. The van der Waals surface area contributed by atoms with Gasteiger partial charge in [0.25, 0.3) is 0 Å². The third kappa shape index (κ3) is 6.28. The van der Waals surface area contributed by atoms with E-state index in [1.54, 1.807) is 0 Å². The Hall–Kier alpha value is -1.46. The Balaban J connectivity index is 0.000000413. The van der Waals surface area contributed by atoms with Crippen LogP contribution in [0.15, 0.2) is 72.8 Å². The van der Waals surface area contributed by atoms with Gasteiger partial charge < -0.3 is 14.9 Å². The van der Waals surface area contributed by atoms with Gasteiger partial charge in [0.1, 0.15) is 0 Å². The van der Waals surface area contributed by atoms with Gasteiger partial charge in [-0.25, -0.2) is 12.2 Å². The Kier molecular flexibility index (Phi) is 11.3. The quantitative estimate of drug-likeness (QED) is 0.404. The zero-order valence-corrected chi connectivity index (χ0v) is 16.7. The molecule has 0 atom stereocenters. The minimum atomic E-state index is 0. The summed E-state index contributed by atoms with van der Waals surface area (Å²) in [6.45, 7) is 2.04. The predicted octanol–water partition coefficient (Wildman–Crippen LogP) is 6.27. The Morgan fingerprint density at radius 2 is 1.43 bits per heavy atom. The molecule has 0 saturated heterocycles. The number of benzene rings is 2. The molecule has 1 aliphatic rings. The first kappa shape index (κ1) is 21.5. The SMILES string of the molecule is C[CH]=[Zr].[C-]1=CC=CC1.[CH3-].[CH3-].c1ccc2c(c1)[cH-]c1ccccc12. The van der Waals surface area contributed by atoms with E-state index in [2.05, 4.69) is 70.5 Å². The third-order valence-corrected chi connectivity index (χ3v) is 3.11. The average molecular weight is 380 g/mol. The zero-order valence-electron chi connectivity index (χ0n) is 14.2. The van der Waals surface area contributed by atoms with Crippen molar-refractivity contribution in [1.82, 2.24) is 0 Å². The van der Waals surface area contributed by atoms with Crippen LogP contribution in [0.4, 0.5) is 0 Å². The van der Waals surface area contributed by atoms with Crippen LogP contribution < -0.4 is 0 Å². The fourth-order valence-corrected chi connectivity index (χ4v) is 2.24. The maximum absolute atomic E-state index is 2.99. The van der Waals surface area contributed by atoms with Crippen molar-refractivity contribution in [3.8, 4) is 0 Å². The van der Waals surface area contributed by atoms with Gasteiger partial charge in [0.05, 0.1) is 0 Å². The summed E-state index contributed by atoms with van der Waals surface area (Å²) in [5.41, 5.74) is 0. The van der Waals surface area contributed by atoms with Gasteiger partial charge in [0.15, 0.2) is 0 Å². The Labute approximate surface area is 156 Å². The molecule has 3 aromatic rings. The van der Waals surface area contributed by atoms with Crippen LogP contribution in [-0.4, -0.2) is 3.71 Å². The summed E-state index contributed by atoms with van der Waals surface area (Å²) in [6.07, 6.45) is 10.0. The van der Waals surface area contributed by atoms with E-state index in [9.17, 15) is 0 Å². The van der Waals surface area contributed by atoms with E-state index in [4.69, 9.17) is 0 Å². The van der Waals surface area contributed by atoms with Crippen LogP contribution in [0.5, 0.6) is 0 Å². The number of hydrogen-bond acceptors (Lipinski definition) is 0. The average Bonchev–Trinajstić information content (AvgIpc) is 3.19. The molecule has 0 radical (unpaired) electrons. The fourth-order valence-electron chi connectivity index (χ4n) is 2.24. The van der Waals surface area contributed by atoms with Crippen molar-refractivity contribution in [1.29, 1.82) is 0 Å². The van der Waals surface area contributed by atoms with Crippen molar-refractivity contribution in [2.24, 2.45) is 0 Å². The number of hydrogen-bond donors (Lipinski definition) is 0. The molecule has 120 valence electrons. The van der Waals surface area contributed by atoms with Gasteiger partial charge in [0.2, 0.25) is 0 Å². The largest absolute Gasteiger partial charge is 0.358 e. The molecule has 0 saturated carbocycles. The second-order valence-corrected chi connectivity index (χ2v) is 6.03. The fraction of sp³-hybridized carbons (Fsp3) is 0.0909. The van der Waals surface area contributed by atoms with Crippen LogP contribution >= 0.6 is 0 Å². The first-order valence-corrected chi connectivity index (χ1v) is 8.48. The van der Waals surface area contributed by atoms with E-state index < -0.39 is 0 Å². The molecule has 4 rings (SSSR count). The van der Waals surface area contributed by atoms with Crippen LogP contribution in [0.25, 0.3) is 21.5 Å². The molecule has 0 amide bonds. The van der Waals surface area contributed by atoms with Gasteiger partial charge in [-0.1, -0.05) is 36.4 Å². The smallest absolute Gasteiger partial charge is 0.0771 e. The van der Waals surface area contributed by atoms with Crippen molar-refractivity contribution in [2.45, 2.75) is 13.3 Å². The second kappa shape index (κ2) is 12.0. The van der Waals surface area contributed by atoms with Gasteiger partial charge in [0, 0.05) is 0 Å². The van der Waals surface area contributed by atoms with E-state index in [-0.39, 0.29) is 14.9 Å². The van der Waals surface area contributed by atoms with Crippen molar-refractivity contribution in [3.63, 3.8) is 0 Å². The maximum Gasteiger partial charge on any atom is -0.0771 e. The van der Waals surface area contributed by atoms with Crippen LogP contribution in [0.1, 0.15) is 13.3 Å². The molecule has 0 bridgehead atoms. The molecule has 0 aromatic heterocycles. The summed E-state index contributed by atoms with van der Waals surface area (Å²) < 4.78 is 2.09. The van der Waals surface area contributed by atoms with Crippen LogP contribution in [-0.2, 0) is 24.2 Å². The minimum Gasteiger partial charge on any atom is -0.358 e. The topological polar surface area (TPSA) is 0 Å². The Morgan fingerprint density at radius 1 is 0.957 bits per heavy atom. The van der Waals surface area contributed by atoms with Crippen LogP contribution in [0.2, 0.25) is 0 Å². The van der Waals surface area contributed by atoms with Crippen LogP contribution in [0, 0.1) is 20.9 Å². The normalized spacial score (nSPS) is 10.6. The minimum absolute atomic E-state index is 0. The summed E-state index contributed by atoms with van der Waals surface area (Å²) >= 11 is 1.51. The van der Waals surface area contributed by atoms with E-state index in [0.717, 1.165) is 6.42 Å². The Morgan fingerprint density at radius 3 is 1.78 bits per heavy atom. The molecule has 0 aliphatic heterocycles. The molecule has 0 spiro atoms. The maximum atomic E-state index is 2.99. The monoisotopic (exact) mass is 378 g/mol. The number of fused-ring (bicyclic) bond motifs is 3. The van der Waals surface area contributed by atoms with Gasteiger partial charge in [-0.2, -0.15) is 6.08 Å².